The summed E-state index contributed by atoms with van der Waals surface area (Å²) in [5, 5.41) is 5.46. The Balaban J connectivity index is 1.79. The number of hydrogen-bond donors (Lipinski definition) is 2. The summed E-state index contributed by atoms with van der Waals surface area (Å²) in [5.74, 6) is -0.717. The Morgan fingerprint density at radius 1 is 1.45 bits per heavy atom. The van der Waals surface area contributed by atoms with E-state index < -0.39 is 17.5 Å². The molecule has 1 aliphatic carbocycles. The van der Waals surface area contributed by atoms with Crippen LogP contribution in [0.4, 0.5) is 4.79 Å². The molecule has 2 N–H and O–H groups in total. The van der Waals surface area contributed by atoms with E-state index in [0.29, 0.717) is 5.56 Å². The number of rotatable bonds is 4. The van der Waals surface area contributed by atoms with Gasteiger partial charge in [-0.25, -0.2) is 4.79 Å². The molecule has 1 atom stereocenters. The second-order valence-corrected chi connectivity index (χ2v) is 6.71. The summed E-state index contributed by atoms with van der Waals surface area (Å²) in [6, 6.07) is 6.85. The van der Waals surface area contributed by atoms with Crippen LogP contribution in [0.25, 0.3) is 0 Å². The van der Waals surface area contributed by atoms with Crippen molar-refractivity contribution in [2.45, 2.75) is 31.3 Å². The first-order valence-electron chi connectivity index (χ1n) is 7.09. The number of amides is 4. The largest absolute Gasteiger partial charge is 0.352 e. The molecule has 1 heterocycles. The molecule has 0 unspecified atom stereocenters. The van der Waals surface area contributed by atoms with Gasteiger partial charge in [0.1, 0.15) is 12.1 Å². The summed E-state index contributed by atoms with van der Waals surface area (Å²) < 4.78 is 0.818. The number of carbonyl (C=O) groups is 3. The van der Waals surface area contributed by atoms with Crippen molar-refractivity contribution in [1.29, 1.82) is 0 Å². The fraction of sp³-hybridized carbons (Fsp3) is 0.400. The highest BCUT2D eigenvalue weighted by Crippen LogP contribution is 2.30. The second-order valence-electron chi connectivity index (χ2n) is 5.80. The minimum atomic E-state index is -1.15. The number of imide groups is 1. The predicted octanol–water partition coefficient (Wildman–Crippen LogP) is 1.49. The molecule has 2 fully saturated rings. The summed E-state index contributed by atoms with van der Waals surface area (Å²) >= 11 is 3.36. The lowest BCUT2D eigenvalue weighted by atomic mass is 9.92. The summed E-state index contributed by atoms with van der Waals surface area (Å²) in [5.41, 5.74) is -0.480. The molecule has 0 spiro atoms. The Kier molecular flexibility index (Phi) is 3.68. The van der Waals surface area contributed by atoms with Crippen LogP contribution in [0.2, 0.25) is 0 Å². The standard InChI is InChI=1S/C15H16BrN3O3/c1-15(9-3-2-4-10(16)7-9)13(21)19(14(22)18-15)8-12(20)17-11-5-6-11/h2-4,7,11H,5-6,8H2,1H3,(H,17,20)(H,18,22)/t15-/m0/s1. The first-order chi connectivity index (χ1) is 10.4. The van der Waals surface area contributed by atoms with Crippen LogP contribution in [0, 0.1) is 0 Å². The number of nitrogens with zero attached hydrogens (tertiary/aromatic N) is 1. The summed E-state index contributed by atoms with van der Waals surface area (Å²) in [6.07, 6.45) is 1.92. The van der Waals surface area contributed by atoms with Crippen LogP contribution >= 0.6 is 15.9 Å². The number of halogens is 1. The van der Waals surface area contributed by atoms with Crippen molar-refractivity contribution in [3.8, 4) is 0 Å². The fourth-order valence-corrected chi connectivity index (χ4v) is 2.88. The van der Waals surface area contributed by atoms with Gasteiger partial charge in [-0.3, -0.25) is 14.5 Å². The molecule has 1 saturated heterocycles. The molecule has 0 radical (unpaired) electrons. The lowest BCUT2D eigenvalue weighted by molar-refractivity contribution is -0.134. The average Bonchev–Trinajstić information content (AvgIpc) is 3.24. The van der Waals surface area contributed by atoms with E-state index in [1.165, 1.54) is 0 Å². The van der Waals surface area contributed by atoms with E-state index in [-0.39, 0.29) is 18.5 Å². The van der Waals surface area contributed by atoms with Crippen LogP contribution in [0.1, 0.15) is 25.3 Å². The number of carbonyl (C=O) groups excluding carboxylic acids is 3. The van der Waals surface area contributed by atoms with E-state index in [1.807, 2.05) is 6.07 Å². The van der Waals surface area contributed by atoms with Gasteiger partial charge in [-0.15, -0.1) is 0 Å². The zero-order valence-corrected chi connectivity index (χ0v) is 13.6. The van der Waals surface area contributed by atoms with Gasteiger partial charge in [0.2, 0.25) is 5.91 Å². The number of benzene rings is 1. The molecule has 3 rings (SSSR count). The first-order valence-corrected chi connectivity index (χ1v) is 7.89. The third-order valence-electron chi connectivity index (χ3n) is 3.92. The topological polar surface area (TPSA) is 78.5 Å². The van der Waals surface area contributed by atoms with Crippen LogP contribution in [0.3, 0.4) is 0 Å². The molecule has 7 heteroatoms. The molecule has 2 aliphatic rings. The van der Waals surface area contributed by atoms with Crippen LogP contribution in [0.5, 0.6) is 0 Å². The summed E-state index contributed by atoms with van der Waals surface area (Å²) in [7, 11) is 0. The molecule has 6 nitrogen and oxygen atoms in total. The Morgan fingerprint density at radius 3 is 2.82 bits per heavy atom. The summed E-state index contributed by atoms with van der Waals surface area (Å²) in [6.45, 7) is 1.40. The Bertz CT molecular complexity index is 659. The fourth-order valence-electron chi connectivity index (χ4n) is 2.48. The highest BCUT2D eigenvalue weighted by Gasteiger charge is 2.49. The maximum atomic E-state index is 12.6. The van der Waals surface area contributed by atoms with Crippen molar-refractivity contribution < 1.29 is 14.4 Å². The highest BCUT2D eigenvalue weighted by atomic mass is 79.9. The molecule has 0 aromatic heterocycles. The molecule has 0 bridgehead atoms. The lowest BCUT2D eigenvalue weighted by Crippen LogP contribution is -2.43. The van der Waals surface area contributed by atoms with Crippen molar-refractivity contribution in [1.82, 2.24) is 15.5 Å². The van der Waals surface area contributed by atoms with Crippen molar-refractivity contribution >= 4 is 33.8 Å². The quantitative estimate of drug-likeness (QED) is 0.793. The molecule has 1 saturated carbocycles. The van der Waals surface area contributed by atoms with Gasteiger partial charge in [0.05, 0.1) is 0 Å². The SMILES string of the molecule is C[C@@]1(c2cccc(Br)c2)NC(=O)N(CC(=O)NC2CC2)C1=O. The van der Waals surface area contributed by atoms with Gasteiger partial charge in [-0.05, 0) is 37.5 Å². The van der Waals surface area contributed by atoms with E-state index >= 15 is 0 Å². The van der Waals surface area contributed by atoms with E-state index in [4.69, 9.17) is 0 Å². The van der Waals surface area contributed by atoms with Gasteiger partial charge in [-0.1, -0.05) is 28.1 Å². The molecule has 1 aliphatic heterocycles. The molecular weight excluding hydrogens is 350 g/mol. The van der Waals surface area contributed by atoms with E-state index in [2.05, 4.69) is 26.6 Å². The Morgan fingerprint density at radius 2 is 2.18 bits per heavy atom. The van der Waals surface area contributed by atoms with Crippen molar-refractivity contribution in [2.24, 2.45) is 0 Å². The number of urea groups is 1. The molecule has 1 aromatic carbocycles. The van der Waals surface area contributed by atoms with Gasteiger partial charge in [0.15, 0.2) is 0 Å². The molecule has 4 amide bonds. The average molecular weight is 366 g/mol. The van der Waals surface area contributed by atoms with Crippen molar-refractivity contribution in [3.05, 3.63) is 34.3 Å². The van der Waals surface area contributed by atoms with Crippen molar-refractivity contribution in [3.63, 3.8) is 0 Å². The van der Waals surface area contributed by atoms with E-state index in [0.717, 1.165) is 22.2 Å². The highest BCUT2D eigenvalue weighted by molar-refractivity contribution is 9.10. The summed E-state index contributed by atoms with van der Waals surface area (Å²) in [4.78, 5) is 37.6. The van der Waals surface area contributed by atoms with Gasteiger partial charge in [0.25, 0.3) is 5.91 Å². The smallest absolute Gasteiger partial charge is 0.325 e. The van der Waals surface area contributed by atoms with Gasteiger partial charge < -0.3 is 10.6 Å². The predicted molar refractivity (Wildman–Crippen MR) is 82.9 cm³/mol. The minimum absolute atomic E-state index is 0.199. The van der Waals surface area contributed by atoms with Gasteiger partial charge in [0, 0.05) is 10.5 Å². The maximum absolute atomic E-state index is 12.6. The third kappa shape index (κ3) is 2.72. The number of nitrogens with one attached hydrogen (secondary N) is 2. The molecule has 116 valence electrons. The third-order valence-corrected chi connectivity index (χ3v) is 4.41. The Labute approximate surface area is 136 Å². The molecule has 22 heavy (non-hydrogen) atoms. The lowest BCUT2D eigenvalue weighted by Gasteiger charge is -2.22. The van der Waals surface area contributed by atoms with Gasteiger partial charge in [-0.2, -0.15) is 0 Å². The maximum Gasteiger partial charge on any atom is 0.325 e. The Hall–Kier alpha value is -1.89. The van der Waals surface area contributed by atoms with Crippen LogP contribution in [-0.4, -0.2) is 35.3 Å². The van der Waals surface area contributed by atoms with Crippen molar-refractivity contribution in [2.75, 3.05) is 6.54 Å². The zero-order valence-electron chi connectivity index (χ0n) is 12.1. The van der Waals surface area contributed by atoms with E-state index in [9.17, 15) is 14.4 Å². The van der Waals surface area contributed by atoms with Crippen LogP contribution in [0.15, 0.2) is 28.7 Å². The minimum Gasteiger partial charge on any atom is -0.352 e. The normalized spacial score (nSPS) is 24.4. The second kappa shape index (κ2) is 5.39. The number of hydrogen-bond acceptors (Lipinski definition) is 3. The molecular formula is C15H16BrN3O3. The van der Waals surface area contributed by atoms with Crippen LogP contribution in [-0.2, 0) is 15.1 Å². The molecule has 1 aromatic rings. The zero-order chi connectivity index (χ0) is 15.9. The van der Waals surface area contributed by atoms with Gasteiger partial charge >= 0.3 is 6.03 Å². The van der Waals surface area contributed by atoms with E-state index in [1.54, 1.807) is 25.1 Å². The first kappa shape index (κ1) is 15.0. The van der Waals surface area contributed by atoms with Crippen LogP contribution < -0.4 is 10.6 Å². The monoisotopic (exact) mass is 365 g/mol.